The van der Waals surface area contributed by atoms with Gasteiger partial charge in [0, 0.05) is 13.1 Å². The lowest BCUT2D eigenvalue weighted by Crippen LogP contribution is -2.35. The van der Waals surface area contributed by atoms with Crippen LogP contribution in [-0.2, 0) is 4.74 Å². The fourth-order valence-corrected chi connectivity index (χ4v) is 2.07. The fraction of sp³-hybridized carbons (Fsp3) is 0.688. The van der Waals surface area contributed by atoms with Crippen LogP contribution in [0.1, 0.15) is 33.6 Å². The molecule has 0 saturated heterocycles. The quantitative estimate of drug-likeness (QED) is 0.447. The van der Waals surface area contributed by atoms with Crippen molar-refractivity contribution in [2.24, 2.45) is 0 Å². The van der Waals surface area contributed by atoms with Gasteiger partial charge in [-0.15, -0.1) is 0 Å². The second-order valence-corrected chi connectivity index (χ2v) is 6.75. The first-order valence-corrected chi connectivity index (χ1v) is 8.03. The highest BCUT2D eigenvalue weighted by atomic mass is 16.6. The molecule has 1 aromatic rings. The second-order valence-electron chi connectivity index (χ2n) is 6.75. The molecule has 0 aliphatic rings. The Morgan fingerprint density at radius 1 is 1.12 bits per heavy atom. The summed E-state index contributed by atoms with van der Waals surface area (Å²) in [6.07, 6.45) is 1.14. The first kappa shape index (κ1) is 20.0. The number of carbonyl (C=O) groups is 1. The molecule has 0 aromatic heterocycles. The molecule has 0 spiro atoms. The summed E-state index contributed by atoms with van der Waals surface area (Å²) in [5.41, 5.74) is -1.96. The van der Waals surface area contributed by atoms with Gasteiger partial charge >= 0.3 is 6.09 Å². The summed E-state index contributed by atoms with van der Waals surface area (Å²) in [6.45, 7) is 8.08. The van der Waals surface area contributed by atoms with Crippen LogP contribution in [0.3, 0.4) is 0 Å². The summed E-state index contributed by atoms with van der Waals surface area (Å²) in [5.74, 6) is -0.471. The maximum absolute atomic E-state index is 11.5. The number of amides is 1. The normalized spacial score (nSPS) is 11.7. The van der Waals surface area contributed by atoms with Gasteiger partial charge in [-0.2, -0.15) is 0 Å². The minimum atomic E-state index is -0.827. The van der Waals surface area contributed by atoms with E-state index in [4.69, 9.17) is 4.74 Å². The number of rotatable bonds is 9. The van der Waals surface area contributed by atoms with E-state index in [9.17, 15) is 19.5 Å². The molecule has 0 fully saturated rings. The summed E-state index contributed by atoms with van der Waals surface area (Å²) in [7, 11) is 1.96. The molecular weight excluding hydrogens is 314 g/mol. The van der Waals surface area contributed by atoms with E-state index in [1.165, 1.54) is 0 Å². The first-order valence-electron chi connectivity index (χ1n) is 8.03. The Morgan fingerprint density at radius 3 is 2.25 bits per heavy atom. The third-order valence-electron chi connectivity index (χ3n) is 3.29. The molecule has 1 aromatic carbocycles. The third kappa shape index (κ3) is 6.57. The maximum Gasteiger partial charge on any atom is 0.407 e. The molecule has 0 aliphatic carbocycles. The summed E-state index contributed by atoms with van der Waals surface area (Å²) in [6, 6.07) is 0. The fourth-order valence-electron chi connectivity index (χ4n) is 2.07. The molecule has 0 atom stereocenters. The van der Waals surface area contributed by atoms with E-state index in [1.54, 1.807) is 0 Å². The zero-order valence-electron chi connectivity index (χ0n) is 14.8. The van der Waals surface area contributed by atoms with E-state index in [0.29, 0.717) is 13.1 Å². The molecule has 1 amide bonds. The molecule has 8 nitrogen and oxygen atoms in total. The van der Waals surface area contributed by atoms with Gasteiger partial charge in [0.05, 0.1) is 0 Å². The lowest BCUT2D eigenvalue weighted by Gasteiger charge is -2.20. The molecule has 0 bridgehead atoms. The molecule has 136 valence electrons. The van der Waals surface area contributed by atoms with Crippen LogP contribution < -0.4 is 21.5 Å². The van der Waals surface area contributed by atoms with Crippen molar-refractivity contribution >= 4 is 11.8 Å². The SMILES string of the molecule is CN(CCCNC(=O)OC(C)(C)C)CCCNc1c(O)c(=O)c1=O. The van der Waals surface area contributed by atoms with Gasteiger partial charge in [0.25, 0.3) is 10.9 Å². The highest BCUT2D eigenvalue weighted by Gasteiger charge is 2.19. The number of nitrogens with zero attached hydrogens (tertiary/aromatic N) is 1. The van der Waals surface area contributed by atoms with Crippen LogP contribution in [0.4, 0.5) is 10.5 Å². The molecule has 0 unspecified atom stereocenters. The molecule has 24 heavy (non-hydrogen) atoms. The Hall–Kier alpha value is -2.09. The summed E-state index contributed by atoms with van der Waals surface area (Å²) < 4.78 is 5.14. The van der Waals surface area contributed by atoms with Crippen LogP contribution in [0.25, 0.3) is 0 Å². The Labute approximate surface area is 141 Å². The van der Waals surface area contributed by atoms with Crippen LogP contribution in [0, 0.1) is 0 Å². The number of hydrogen-bond acceptors (Lipinski definition) is 7. The van der Waals surface area contributed by atoms with Crippen LogP contribution in [0.5, 0.6) is 5.75 Å². The number of nitrogens with one attached hydrogen (secondary N) is 2. The lowest BCUT2D eigenvalue weighted by atomic mass is 10.2. The Morgan fingerprint density at radius 2 is 1.71 bits per heavy atom. The molecular formula is C16H27N3O5. The summed E-state index contributed by atoms with van der Waals surface area (Å²) in [5, 5.41) is 14.7. The van der Waals surface area contributed by atoms with Crippen molar-refractivity contribution in [2.45, 2.75) is 39.2 Å². The van der Waals surface area contributed by atoms with Gasteiger partial charge in [-0.3, -0.25) is 9.59 Å². The average molecular weight is 341 g/mol. The van der Waals surface area contributed by atoms with E-state index < -0.39 is 28.3 Å². The van der Waals surface area contributed by atoms with Crippen molar-refractivity contribution in [1.82, 2.24) is 10.2 Å². The van der Waals surface area contributed by atoms with Gasteiger partial charge in [-0.1, -0.05) is 0 Å². The zero-order valence-corrected chi connectivity index (χ0v) is 14.8. The zero-order chi connectivity index (χ0) is 18.3. The van der Waals surface area contributed by atoms with Crippen LogP contribution >= 0.6 is 0 Å². The van der Waals surface area contributed by atoms with Crippen molar-refractivity contribution in [1.29, 1.82) is 0 Å². The van der Waals surface area contributed by atoms with Crippen molar-refractivity contribution in [3.63, 3.8) is 0 Å². The van der Waals surface area contributed by atoms with Gasteiger partial charge in [0.15, 0.2) is 5.75 Å². The van der Waals surface area contributed by atoms with Gasteiger partial charge in [-0.05, 0) is 53.8 Å². The number of carbonyl (C=O) groups excluding carboxylic acids is 1. The Balaban J connectivity index is 2.06. The molecule has 0 aliphatic heterocycles. The van der Waals surface area contributed by atoms with Gasteiger partial charge in [-0.25, -0.2) is 4.79 Å². The molecule has 3 N–H and O–H groups in total. The van der Waals surface area contributed by atoms with Gasteiger partial charge in [0.2, 0.25) is 0 Å². The highest BCUT2D eigenvalue weighted by molar-refractivity contribution is 5.67. The lowest BCUT2D eigenvalue weighted by molar-refractivity contribution is 0.0526. The predicted octanol–water partition coefficient (Wildman–Crippen LogP) is 0.637. The number of hydrogen-bond donors (Lipinski definition) is 3. The van der Waals surface area contributed by atoms with Crippen LogP contribution in [-0.4, -0.2) is 54.9 Å². The maximum atomic E-state index is 11.5. The van der Waals surface area contributed by atoms with Crippen molar-refractivity contribution in [3.8, 4) is 5.75 Å². The largest absolute Gasteiger partial charge is 0.502 e. The van der Waals surface area contributed by atoms with E-state index in [1.807, 2.05) is 27.8 Å². The van der Waals surface area contributed by atoms with Crippen molar-refractivity contribution < 1.29 is 14.6 Å². The number of anilines is 1. The van der Waals surface area contributed by atoms with E-state index in [0.717, 1.165) is 25.9 Å². The predicted molar refractivity (Wildman–Crippen MR) is 92.5 cm³/mol. The van der Waals surface area contributed by atoms with Crippen LogP contribution in [0.2, 0.25) is 0 Å². The Kier molecular flexibility index (Phi) is 7.21. The van der Waals surface area contributed by atoms with E-state index >= 15 is 0 Å². The molecule has 1 rings (SSSR count). The molecule has 8 heteroatoms. The summed E-state index contributed by atoms with van der Waals surface area (Å²) in [4.78, 5) is 35.5. The second kappa shape index (κ2) is 8.68. The number of aromatic hydroxyl groups is 1. The smallest absolute Gasteiger partial charge is 0.407 e. The number of alkyl carbamates (subject to hydrolysis) is 1. The average Bonchev–Trinajstić information content (AvgIpc) is 2.48. The van der Waals surface area contributed by atoms with Crippen LogP contribution in [0.15, 0.2) is 9.59 Å². The molecule has 0 radical (unpaired) electrons. The van der Waals surface area contributed by atoms with Gasteiger partial charge < -0.3 is 25.4 Å². The highest BCUT2D eigenvalue weighted by Crippen LogP contribution is 2.14. The summed E-state index contributed by atoms with van der Waals surface area (Å²) >= 11 is 0. The monoisotopic (exact) mass is 341 g/mol. The molecule has 0 saturated carbocycles. The standard InChI is InChI=1S/C16H27N3O5/c1-16(2,3)24-15(23)18-8-6-10-19(4)9-5-7-17-11-12(20)14(22)13(11)21/h17,20H,5-10H2,1-4H3,(H,18,23). The number of ether oxygens (including phenoxy) is 1. The topological polar surface area (TPSA) is 108 Å². The first-order chi connectivity index (χ1) is 11.1. The van der Waals surface area contributed by atoms with E-state index in [2.05, 4.69) is 15.5 Å². The van der Waals surface area contributed by atoms with E-state index in [-0.39, 0.29) is 5.69 Å². The van der Waals surface area contributed by atoms with Crippen molar-refractivity contribution in [2.75, 3.05) is 38.5 Å². The Bertz CT molecular complexity index is 614. The van der Waals surface area contributed by atoms with Gasteiger partial charge in [0.1, 0.15) is 11.3 Å². The van der Waals surface area contributed by atoms with Crippen molar-refractivity contribution in [3.05, 3.63) is 20.4 Å². The minimum absolute atomic E-state index is 0.0178. The minimum Gasteiger partial charge on any atom is -0.502 e. The third-order valence-corrected chi connectivity index (χ3v) is 3.29. The molecule has 0 heterocycles.